The van der Waals surface area contributed by atoms with Gasteiger partial charge in [0.15, 0.2) is 0 Å². The molecule has 3 atom stereocenters. The molecule has 4 amide bonds. The Balaban J connectivity index is 2.42. The Morgan fingerprint density at radius 1 is 1.21 bits per heavy atom. The van der Waals surface area contributed by atoms with E-state index in [4.69, 9.17) is 9.47 Å². The largest absolute Gasteiger partial charge is 0.491 e. The molecule has 1 aromatic rings. The topological polar surface area (TPSA) is 100 Å². The number of hydrogen-bond acceptors (Lipinski definition) is 5. The molecule has 2 rings (SSSR count). The minimum atomic E-state index is -0.264. The predicted molar refractivity (Wildman–Crippen MR) is 128 cm³/mol. The first-order chi connectivity index (χ1) is 15.7. The van der Waals surface area contributed by atoms with E-state index in [9.17, 15) is 14.4 Å². The molecule has 0 spiro atoms. The van der Waals surface area contributed by atoms with Gasteiger partial charge in [0.2, 0.25) is 5.91 Å². The molecule has 1 aromatic carbocycles. The maximum Gasteiger partial charge on any atom is 0.317 e. The van der Waals surface area contributed by atoms with Crippen molar-refractivity contribution >= 4 is 23.5 Å². The van der Waals surface area contributed by atoms with E-state index >= 15 is 0 Å². The van der Waals surface area contributed by atoms with Crippen molar-refractivity contribution in [3.63, 3.8) is 0 Å². The molecular formula is C24H38N4O5. The first-order valence-corrected chi connectivity index (χ1v) is 11.6. The van der Waals surface area contributed by atoms with Gasteiger partial charge >= 0.3 is 6.03 Å². The first-order valence-electron chi connectivity index (χ1n) is 11.6. The Morgan fingerprint density at radius 3 is 2.58 bits per heavy atom. The van der Waals surface area contributed by atoms with Gasteiger partial charge in [0.25, 0.3) is 5.91 Å². The molecule has 0 radical (unpaired) electrons. The molecule has 1 heterocycles. The molecule has 9 nitrogen and oxygen atoms in total. The zero-order valence-electron chi connectivity index (χ0n) is 20.6. The van der Waals surface area contributed by atoms with Crippen molar-refractivity contribution in [2.75, 3.05) is 45.7 Å². The molecule has 0 aliphatic carbocycles. The quantitative estimate of drug-likeness (QED) is 0.701. The van der Waals surface area contributed by atoms with E-state index in [-0.39, 0.29) is 42.5 Å². The van der Waals surface area contributed by atoms with Crippen LogP contribution < -0.4 is 15.4 Å². The molecule has 1 aliphatic heterocycles. The van der Waals surface area contributed by atoms with Crippen LogP contribution in [0.1, 0.15) is 50.9 Å². The molecule has 0 aromatic heterocycles. The third-order valence-corrected chi connectivity index (χ3v) is 5.84. The molecule has 9 heteroatoms. The van der Waals surface area contributed by atoms with Gasteiger partial charge in [0.05, 0.1) is 17.7 Å². The highest BCUT2D eigenvalue weighted by Crippen LogP contribution is 2.26. The summed E-state index contributed by atoms with van der Waals surface area (Å²) in [5, 5.41) is 5.74. The van der Waals surface area contributed by atoms with Gasteiger partial charge in [0.1, 0.15) is 12.4 Å². The molecule has 2 N–H and O–H groups in total. The maximum atomic E-state index is 13.3. The number of fused-ring (bicyclic) bond motifs is 1. The summed E-state index contributed by atoms with van der Waals surface area (Å²) in [7, 11) is 3.33. The number of ether oxygens (including phenoxy) is 2. The fraction of sp³-hybridized carbons (Fsp3) is 0.625. The van der Waals surface area contributed by atoms with Gasteiger partial charge in [-0.15, -0.1) is 0 Å². The molecule has 0 unspecified atom stereocenters. The fourth-order valence-corrected chi connectivity index (χ4v) is 3.72. The first kappa shape index (κ1) is 26.4. The summed E-state index contributed by atoms with van der Waals surface area (Å²) in [5.74, 6) is 0.0249. The van der Waals surface area contributed by atoms with Gasteiger partial charge in [-0.05, 0) is 31.5 Å². The predicted octanol–water partition coefficient (Wildman–Crippen LogP) is 2.96. The van der Waals surface area contributed by atoms with Crippen molar-refractivity contribution in [2.45, 2.75) is 52.7 Å². The second-order valence-corrected chi connectivity index (χ2v) is 8.59. The number of amides is 4. The van der Waals surface area contributed by atoms with E-state index in [0.29, 0.717) is 43.1 Å². The van der Waals surface area contributed by atoms with Crippen molar-refractivity contribution < 1.29 is 23.9 Å². The highest BCUT2D eigenvalue weighted by molar-refractivity contribution is 5.99. The average Bonchev–Trinajstić information content (AvgIpc) is 2.81. The minimum absolute atomic E-state index is 0.0193. The van der Waals surface area contributed by atoms with E-state index in [2.05, 4.69) is 10.6 Å². The molecule has 0 fully saturated rings. The highest BCUT2D eigenvalue weighted by Gasteiger charge is 2.30. The second-order valence-electron chi connectivity index (χ2n) is 8.59. The van der Waals surface area contributed by atoms with Crippen LogP contribution in [0.3, 0.4) is 0 Å². The highest BCUT2D eigenvalue weighted by atomic mass is 16.5. The Hall–Kier alpha value is -2.81. The Kier molecular flexibility index (Phi) is 9.96. The summed E-state index contributed by atoms with van der Waals surface area (Å²) >= 11 is 0. The van der Waals surface area contributed by atoms with Gasteiger partial charge in [0, 0.05) is 51.8 Å². The minimum Gasteiger partial charge on any atom is -0.491 e. The van der Waals surface area contributed by atoms with Crippen LogP contribution in [0.15, 0.2) is 18.2 Å². The molecule has 0 bridgehead atoms. The van der Waals surface area contributed by atoms with Crippen molar-refractivity contribution in [1.82, 2.24) is 15.1 Å². The van der Waals surface area contributed by atoms with Crippen molar-refractivity contribution in [1.29, 1.82) is 0 Å². The fourth-order valence-electron chi connectivity index (χ4n) is 3.72. The van der Waals surface area contributed by atoms with Crippen molar-refractivity contribution in [3.8, 4) is 5.75 Å². The number of carbonyl (C=O) groups is 3. The van der Waals surface area contributed by atoms with Crippen LogP contribution >= 0.6 is 0 Å². The van der Waals surface area contributed by atoms with Crippen LogP contribution in [0, 0.1) is 5.92 Å². The molecule has 33 heavy (non-hydrogen) atoms. The molecule has 0 saturated heterocycles. The number of hydrogen-bond donors (Lipinski definition) is 2. The number of rotatable bonds is 5. The normalized spacial score (nSPS) is 21.9. The average molecular weight is 463 g/mol. The lowest BCUT2D eigenvalue weighted by molar-refractivity contribution is -0.115. The second kappa shape index (κ2) is 12.4. The van der Waals surface area contributed by atoms with Crippen LogP contribution in [-0.4, -0.2) is 80.2 Å². The van der Waals surface area contributed by atoms with Gasteiger partial charge in [-0.2, -0.15) is 0 Å². The van der Waals surface area contributed by atoms with Crippen LogP contribution in [0.4, 0.5) is 10.5 Å². The van der Waals surface area contributed by atoms with Crippen LogP contribution in [0.5, 0.6) is 5.75 Å². The number of likely N-dealkylation sites (N-methyl/N-ethyl adjacent to an activating group) is 1. The summed E-state index contributed by atoms with van der Waals surface area (Å²) in [6.45, 7) is 9.34. The monoisotopic (exact) mass is 462 g/mol. The van der Waals surface area contributed by atoms with E-state index in [0.717, 1.165) is 6.42 Å². The lowest BCUT2D eigenvalue weighted by atomic mass is 10.0. The lowest BCUT2D eigenvalue weighted by Gasteiger charge is -2.36. The van der Waals surface area contributed by atoms with Crippen LogP contribution in [0.2, 0.25) is 0 Å². The molecule has 1 aliphatic rings. The van der Waals surface area contributed by atoms with E-state index in [1.54, 1.807) is 49.1 Å². The van der Waals surface area contributed by atoms with E-state index in [1.807, 2.05) is 20.8 Å². The number of urea groups is 1. The number of nitrogens with one attached hydrogen (secondary N) is 2. The number of benzene rings is 1. The summed E-state index contributed by atoms with van der Waals surface area (Å²) < 4.78 is 11.7. The molecule has 184 valence electrons. The third-order valence-electron chi connectivity index (χ3n) is 5.84. The summed E-state index contributed by atoms with van der Waals surface area (Å²) in [4.78, 5) is 41.4. The van der Waals surface area contributed by atoms with Gasteiger partial charge in [-0.1, -0.05) is 20.8 Å². The molecule has 0 saturated carbocycles. The zero-order chi connectivity index (χ0) is 24.5. The third kappa shape index (κ3) is 7.08. The van der Waals surface area contributed by atoms with Gasteiger partial charge in [-0.25, -0.2) is 4.79 Å². The van der Waals surface area contributed by atoms with Crippen molar-refractivity contribution in [2.24, 2.45) is 5.92 Å². The number of anilines is 1. The Labute approximate surface area is 196 Å². The molecular weight excluding hydrogens is 424 g/mol. The summed E-state index contributed by atoms with van der Waals surface area (Å²) in [5.41, 5.74) is 0.881. The Bertz CT molecular complexity index is 831. The zero-order valence-corrected chi connectivity index (χ0v) is 20.6. The van der Waals surface area contributed by atoms with Crippen LogP contribution in [-0.2, 0) is 9.53 Å². The smallest absolute Gasteiger partial charge is 0.317 e. The van der Waals surface area contributed by atoms with E-state index in [1.165, 1.54) is 0 Å². The SMILES string of the molecule is CCCNC(=O)N1C[C@H](C)[C@H](OC)CN(C)C(=O)c2cc(NC(=O)CC)ccc2OC[C@@H]1C. The van der Waals surface area contributed by atoms with Crippen LogP contribution in [0.25, 0.3) is 0 Å². The number of methoxy groups -OCH3 is 1. The van der Waals surface area contributed by atoms with Crippen molar-refractivity contribution in [3.05, 3.63) is 23.8 Å². The summed E-state index contributed by atoms with van der Waals surface area (Å²) in [6.07, 6.45) is 0.916. The van der Waals surface area contributed by atoms with Gasteiger partial charge < -0.3 is 29.9 Å². The lowest BCUT2D eigenvalue weighted by Crippen LogP contribution is -2.51. The summed E-state index contributed by atoms with van der Waals surface area (Å²) in [6, 6.07) is 4.65. The van der Waals surface area contributed by atoms with E-state index < -0.39 is 0 Å². The standard InChI is InChI=1S/C24H38N4O5/c1-7-11-25-24(31)28-13-16(3)21(32-6)14-27(5)23(30)19-12-18(26-22(29)8-2)9-10-20(19)33-15-17(28)4/h9-10,12,16-17,21H,7-8,11,13-15H2,1-6H3,(H,25,31)(H,26,29)/t16-,17-,21+/m0/s1. The Morgan fingerprint density at radius 2 is 1.94 bits per heavy atom. The maximum absolute atomic E-state index is 13.3. The number of nitrogens with zero attached hydrogens (tertiary/aromatic N) is 2. The number of carbonyl (C=O) groups excluding carboxylic acids is 3. The van der Waals surface area contributed by atoms with Gasteiger partial charge in [-0.3, -0.25) is 9.59 Å².